The van der Waals surface area contributed by atoms with Gasteiger partial charge in [-0.1, -0.05) is 77.0 Å². The van der Waals surface area contributed by atoms with Gasteiger partial charge in [0.15, 0.2) is 0 Å². The van der Waals surface area contributed by atoms with Crippen LogP contribution in [0.2, 0.25) is 0 Å². The number of ether oxygens (including phenoxy) is 1. The van der Waals surface area contributed by atoms with Gasteiger partial charge in [0.2, 0.25) is 5.91 Å². The van der Waals surface area contributed by atoms with Gasteiger partial charge in [0.05, 0.1) is 6.54 Å². The Morgan fingerprint density at radius 1 is 0.852 bits per heavy atom. The van der Waals surface area contributed by atoms with Gasteiger partial charge in [-0.3, -0.25) is 4.79 Å². The molecule has 0 aromatic heterocycles. The molecule has 0 aromatic rings. The van der Waals surface area contributed by atoms with Crippen molar-refractivity contribution in [1.82, 2.24) is 5.32 Å². The maximum absolute atomic E-state index is 11.6. The number of carbonyl (C=O) groups is 2. The summed E-state index contributed by atoms with van der Waals surface area (Å²) in [6, 6.07) is 0. The topological polar surface area (TPSA) is 55.4 Å². The fraction of sp³-hybridized carbons (Fsp3) is 0.739. The highest BCUT2D eigenvalue weighted by molar-refractivity contribution is 5.81. The van der Waals surface area contributed by atoms with E-state index in [0.717, 1.165) is 18.9 Å². The zero-order chi connectivity index (χ0) is 20.0. The Morgan fingerprint density at radius 3 is 2.00 bits per heavy atom. The minimum absolute atomic E-state index is 0.0299. The lowest BCUT2D eigenvalue weighted by Crippen LogP contribution is -2.27. The fourth-order valence-corrected chi connectivity index (χ4v) is 2.85. The molecule has 0 fully saturated rings. The maximum Gasteiger partial charge on any atom is 0.330 e. The SMILES string of the molecule is C=CC(=O)OCCNC(=O)CCCCCCCC=CCCCCCCCC. The molecule has 0 bridgehead atoms. The molecule has 27 heavy (non-hydrogen) atoms. The summed E-state index contributed by atoms with van der Waals surface area (Å²) in [5.74, 6) is -0.427. The Hall–Kier alpha value is -1.58. The summed E-state index contributed by atoms with van der Waals surface area (Å²) in [6.45, 7) is 6.13. The highest BCUT2D eigenvalue weighted by atomic mass is 16.5. The third-order valence-electron chi connectivity index (χ3n) is 4.50. The Labute approximate surface area is 166 Å². The molecule has 0 spiro atoms. The van der Waals surface area contributed by atoms with Crippen LogP contribution in [0.1, 0.15) is 96.8 Å². The monoisotopic (exact) mass is 379 g/mol. The van der Waals surface area contributed by atoms with E-state index in [1.165, 1.54) is 70.6 Å². The van der Waals surface area contributed by atoms with Gasteiger partial charge in [-0.05, 0) is 32.1 Å². The third-order valence-corrected chi connectivity index (χ3v) is 4.50. The minimum atomic E-state index is -0.457. The molecule has 1 amide bonds. The molecule has 0 aliphatic heterocycles. The second-order valence-corrected chi connectivity index (χ2v) is 7.06. The number of amides is 1. The van der Waals surface area contributed by atoms with Gasteiger partial charge in [-0.2, -0.15) is 0 Å². The first-order valence-corrected chi connectivity index (χ1v) is 10.9. The Kier molecular flexibility index (Phi) is 19.5. The molecule has 0 aliphatic rings. The van der Waals surface area contributed by atoms with Crippen molar-refractivity contribution >= 4 is 11.9 Å². The predicted molar refractivity (Wildman–Crippen MR) is 114 cm³/mol. The molecule has 0 radical (unpaired) electrons. The zero-order valence-corrected chi connectivity index (χ0v) is 17.5. The molecule has 0 heterocycles. The molecule has 4 nitrogen and oxygen atoms in total. The average Bonchev–Trinajstić information content (AvgIpc) is 2.68. The lowest BCUT2D eigenvalue weighted by Gasteiger charge is -2.05. The van der Waals surface area contributed by atoms with Crippen LogP contribution in [0.25, 0.3) is 0 Å². The molecule has 0 saturated carbocycles. The first-order valence-electron chi connectivity index (χ1n) is 10.9. The van der Waals surface area contributed by atoms with Crippen LogP contribution in [-0.2, 0) is 14.3 Å². The van der Waals surface area contributed by atoms with Gasteiger partial charge in [-0.15, -0.1) is 0 Å². The summed E-state index contributed by atoms with van der Waals surface area (Å²) < 4.78 is 4.80. The van der Waals surface area contributed by atoms with Crippen molar-refractivity contribution in [3.63, 3.8) is 0 Å². The number of rotatable bonds is 19. The molecule has 0 atom stereocenters. The second-order valence-electron chi connectivity index (χ2n) is 7.06. The van der Waals surface area contributed by atoms with Gasteiger partial charge in [0, 0.05) is 12.5 Å². The van der Waals surface area contributed by atoms with E-state index in [1.54, 1.807) is 0 Å². The highest BCUT2D eigenvalue weighted by Crippen LogP contribution is 2.09. The summed E-state index contributed by atoms with van der Waals surface area (Å²) in [5, 5.41) is 2.75. The maximum atomic E-state index is 11.6. The minimum Gasteiger partial charge on any atom is -0.461 e. The standard InChI is InChI=1S/C23H41NO3/c1-3-5-6-7-8-9-10-11-12-13-14-15-16-17-18-19-22(25)24-20-21-27-23(26)4-2/h4,11-12H,2-3,5-10,13-21H2,1H3,(H,24,25). The van der Waals surface area contributed by atoms with Crippen molar-refractivity contribution in [3.05, 3.63) is 24.8 Å². The molecule has 0 unspecified atom stereocenters. The first kappa shape index (κ1) is 25.4. The smallest absolute Gasteiger partial charge is 0.330 e. The van der Waals surface area contributed by atoms with Crippen LogP contribution < -0.4 is 5.32 Å². The van der Waals surface area contributed by atoms with E-state index in [1.807, 2.05) is 0 Å². The second kappa shape index (κ2) is 20.7. The molecule has 1 N–H and O–H groups in total. The van der Waals surface area contributed by atoms with Crippen molar-refractivity contribution in [3.8, 4) is 0 Å². The van der Waals surface area contributed by atoms with Crippen molar-refractivity contribution < 1.29 is 14.3 Å². The van der Waals surface area contributed by atoms with E-state index < -0.39 is 5.97 Å². The molecule has 0 aromatic carbocycles. The average molecular weight is 380 g/mol. The zero-order valence-electron chi connectivity index (χ0n) is 17.5. The van der Waals surface area contributed by atoms with Gasteiger partial charge in [0.1, 0.15) is 6.61 Å². The van der Waals surface area contributed by atoms with Crippen LogP contribution in [0.4, 0.5) is 0 Å². The van der Waals surface area contributed by atoms with Crippen molar-refractivity contribution in [2.45, 2.75) is 96.8 Å². The van der Waals surface area contributed by atoms with Crippen LogP contribution >= 0.6 is 0 Å². The van der Waals surface area contributed by atoms with E-state index in [9.17, 15) is 9.59 Å². The molecular formula is C23H41NO3. The molecule has 0 aliphatic carbocycles. The van der Waals surface area contributed by atoms with E-state index in [4.69, 9.17) is 4.74 Å². The third kappa shape index (κ3) is 20.6. The lowest BCUT2D eigenvalue weighted by atomic mass is 10.1. The van der Waals surface area contributed by atoms with Crippen LogP contribution in [0.15, 0.2) is 24.8 Å². The Balaban J connectivity index is 3.25. The van der Waals surface area contributed by atoms with Crippen molar-refractivity contribution in [2.24, 2.45) is 0 Å². The molecule has 0 saturated heterocycles. The van der Waals surface area contributed by atoms with Crippen LogP contribution in [0, 0.1) is 0 Å². The van der Waals surface area contributed by atoms with Crippen molar-refractivity contribution in [2.75, 3.05) is 13.2 Å². The Bertz CT molecular complexity index is 404. The summed E-state index contributed by atoms with van der Waals surface area (Å²) in [6.07, 6.45) is 22.6. The normalized spacial score (nSPS) is 10.9. The number of esters is 1. The largest absolute Gasteiger partial charge is 0.461 e. The van der Waals surface area contributed by atoms with Crippen LogP contribution in [-0.4, -0.2) is 25.0 Å². The summed E-state index contributed by atoms with van der Waals surface area (Å²) in [7, 11) is 0. The number of hydrogen-bond donors (Lipinski definition) is 1. The Morgan fingerprint density at radius 2 is 1.41 bits per heavy atom. The van der Waals surface area contributed by atoms with Gasteiger partial charge >= 0.3 is 5.97 Å². The number of hydrogen-bond acceptors (Lipinski definition) is 3. The number of carbonyl (C=O) groups excluding carboxylic acids is 2. The number of allylic oxidation sites excluding steroid dienone is 2. The summed E-state index contributed by atoms with van der Waals surface area (Å²) >= 11 is 0. The van der Waals surface area contributed by atoms with E-state index >= 15 is 0 Å². The number of unbranched alkanes of at least 4 members (excludes halogenated alkanes) is 11. The quantitative estimate of drug-likeness (QED) is 0.132. The molecule has 156 valence electrons. The summed E-state index contributed by atoms with van der Waals surface area (Å²) in [4.78, 5) is 22.4. The van der Waals surface area contributed by atoms with Gasteiger partial charge in [0.25, 0.3) is 0 Å². The van der Waals surface area contributed by atoms with E-state index in [-0.39, 0.29) is 12.5 Å². The van der Waals surface area contributed by atoms with E-state index in [0.29, 0.717) is 13.0 Å². The number of nitrogens with one attached hydrogen (secondary N) is 1. The van der Waals surface area contributed by atoms with Crippen LogP contribution in [0.5, 0.6) is 0 Å². The van der Waals surface area contributed by atoms with Crippen LogP contribution in [0.3, 0.4) is 0 Å². The predicted octanol–water partition coefficient (Wildman–Crippen LogP) is 5.87. The van der Waals surface area contributed by atoms with Crippen molar-refractivity contribution in [1.29, 1.82) is 0 Å². The molecular weight excluding hydrogens is 338 g/mol. The highest BCUT2D eigenvalue weighted by Gasteiger charge is 2.01. The lowest BCUT2D eigenvalue weighted by molar-refractivity contribution is -0.138. The van der Waals surface area contributed by atoms with Gasteiger partial charge in [-0.25, -0.2) is 4.79 Å². The van der Waals surface area contributed by atoms with E-state index in [2.05, 4.69) is 31.0 Å². The first-order chi connectivity index (χ1) is 13.2. The molecule has 4 heteroatoms. The van der Waals surface area contributed by atoms with Gasteiger partial charge < -0.3 is 10.1 Å². The molecule has 0 rings (SSSR count). The summed E-state index contributed by atoms with van der Waals surface area (Å²) in [5.41, 5.74) is 0. The fourth-order valence-electron chi connectivity index (χ4n) is 2.85.